The minimum atomic E-state index is -1.14. The number of benzene rings is 2. The van der Waals surface area contributed by atoms with Gasteiger partial charge in [0, 0.05) is 35.4 Å². The van der Waals surface area contributed by atoms with E-state index in [2.05, 4.69) is 5.16 Å². The number of rotatable bonds is 9. The summed E-state index contributed by atoms with van der Waals surface area (Å²) in [5.74, 6) is -2.84. The molecule has 0 aliphatic carbocycles. The fraction of sp³-hybridized carbons (Fsp3) is 0.308. The third kappa shape index (κ3) is 4.36. The van der Waals surface area contributed by atoms with Gasteiger partial charge in [0.2, 0.25) is 5.78 Å². The number of anilines is 1. The third-order valence-corrected chi connectivity index (χ3v) is 5.80. The van der Waals surface area contributed by atoms with E-state index < -0.39 is 29.6 Å². The molecule has 1 fully saturated rings. The van der Waals surface area contributed by atoms with E-state index in [9.17, 15) is 14.4 Å². The Morgan fingerprint density at radius 1 is 1.09 bits per heavy atom. The molecule has 1 amide bonds. The SMILES string of the molecule is CCOCOc1ccccc1C1C(C(=O)C(C)C)C(=O)C(=O)N1c1ccc(-c2ccon2)cc1. The Morgan fingerprint density at radius 3 is 2.47 bits per heavy atom. The van der Waals surface area contributed by atoms with Crippen LogP contribution in [0.25, 0.3) is 11.3 Å². The molecule has 0 radical (unpaired) electrons. The predicted octanol–water partition coefficient (Wildman–Crippen LogP) is 4.21. The topological polar surface area (TPSA) is 98.9 Å². The van der Waals surface area contributed by atoms with E-state index in [1.807, 2.05) is 6.92 Å². The van der Waals surface area contributed by atoms with Crippen molar-refractivity contribution in [1.29, 1.82) is 0 Å². The minimum Gasteiger partial charge on any atom is -0.467 e. The van der Waals surface area contributed by atoms with Crippen LogP contribution in [-0.2, 0) is 19.1 Å². The molecule has 4 rings (SSSR count). The molecular formula is C26H26N2O6. The molecule has 176 valence electrons. The van der Waals surface area contributed by atoms with Crippen LogP contribution in [0.2, 0.25) is 0 Å². The van der Waals surface area contributed by atoms with E-state index in [1.54, 1.807) is 68.4 Å². The molecule has 1 saturated heterocycles. The molecule has 1 aromatic heterocycles. The van der Waals surface area contributed by atoms with Crippen LogP contribution in [0.15, 0.2) is 65.4 Å². The van der Waals surface area contributed by atoms with Gasteiger partial charge in [0.1, 0.15) is 29.4 Å². The summed E-state index contributed by atoms with van der Waals surface area (Å²) >= 11 is 0. The highest BCUT2D eigenvalue weighted by atomic mass is 16.7. The quantitative estimate of drug-likeness (QED) is 0.203. The average molecular weight is 463 g/mol. The van der Waals surface area contributed by atoms with Crippen molar-refractivity contribution in [3.05, 3.63) is 66.4 Å². The molecule has 0 saturated carbocycles. The Morgan fingerprint density at radius 2 is 1.82 bits per heavy atom. The number of aromatic nitrogens is 1. The second-order valence-electron chi connectivity index (χ2n) is 8.24. The first-order chi connectivity index (χ1) is 16.4. The van der Waals surface area contributed by atoms with Gasteiger partial charge in [0.15, 0.2) is 6.79 Å². The maximum absolute atomic E-state index is 13.2. The zero-order chi connectivity index (χ0) is 24.2. The first-order valence-electron chi connectivity index (χ1n) is 11.2. The number of carbonyl (C=O) groups is 3. The Bertz CT molecular complexity index is 1170. The van der Waals surface area contributed by atoms with E-state index in [0.29, 0.717) is 29.3 Å². The van der Waals surface area contributed by atoms with Crippen LogP contribution in [0.3, 0.4) is 0 Å². The lowest BCUT2D eigenvalue weighted by Gasteiger charge is -2.29. The van der Waals surface area contributed by atoms with Crippen LogP contribution in [0.4, 0.5) is 5.69 Å². The molecule has 0 N–H and O–H groups in total. The summed E-state index contributed by atoms with van der Waals surface area (Å²) in [6.45, 7) is 5.79. The van der Waals surface area contributed by atoms with Gasteiger partial charge in [0.25, 0.3) is 5.91 Å². The number of Topliss-reactive ketones (excluding diaryl/α,β-unsaturated/α-hetero) is 2. The second kappa shape index (κ2) is 10.0. The van der Waals surface area contributed by atoms with Crippen LogP contribution < -0.4 is 9.64 Å². The molecular weight excluding hydrogens is 436 g/mol. The number of hydrogen-bond acceptors (Lipinski definition) is 7. The number of ketones is 2. The number of amides is 1. The van der Waals surface area contributed by atoms with Gasteiger partial charge in [-0.2, -0.15) is 0 Å². The van der Waals surface area contributed by atoms with Crippen molar-refractivity contribution in [2.45, 2.75) is 26.8 Å². The number of hydrogen-bond donors (Lipinski definition) is 0. The van der Waals surface area contributed by atoms with Gasteiger partial charge in [-0.3, -0.25) is 19.3 Å². The van der Waals surface area contributed by atoms with Crippen molar-refractivity contribution < 1.29 is 28.4 Å². The summed E-state index contributed by atoms with van der Waals surface area (Å²) in [6.07, 6.45) is 1.48. The van der Waals surface area contributed by atoms with Crippen LogP contribution in [-0.4, -0.2) is 36.0 Å². The van der Waals surface area contributed by atoms with Gasteiger partial charge < -0.3 is 14.0 Å². The Balaban J connectivity index is 1.79. The maximum Gasteiger partial charge on any atom is 0.295 e. The summed E-state index contributed by atoms with van der Waals surface area (Å²) in [7, 11) is 0. The van der Waals surface area contributed by atoms with Crippen molar-refractivity contribution in [2.75, 3.05) is 18.3 Å². The highest BCUT2D eigenvalue weighted by Crippen LogP contribution is 2.44. The van der Waals surface area contributed by atoms with Crippen molar-refractivity contribution in [2.24, 2.45) is 11.8 Å². The van der Waals surface area contributed by atoms with Crippen molar-refractivity contribution in [3.8, 4) is 17.0 Å². The summed E-state index contributed by atoms with van der Waals surface area (Å²) in [6, 6.07) is 15.0. The normalized spacial score (nSPS) is 18.1. The van der Waals surface area contributed by atoms with E-state index in [0.717, 1.165) is 5.56 Å². The first-order valence-corrected chi connectivity index (χ1v) is 11.2. The smallest absolute Gasteiger partial charge is 0.295 e. The van der Waals surface area contributed by atoms with E-state index >= 15 is 0 Å². The fourth-order valence-electron chi connectivity index (χ4n) is 4.11. The molecule has 2 aromatic carbocycles. The molecule has 34 heavy (non-hydrogen) atoms. The Kier molecular flexibility index (Phi) is 6.88. The van der Waals surface area contributed by atoms with Gasteiger partial charge >= 0.3 is 0 Å². The van der Waals surface area contributed by atoms with Crippen LogP contribution in [0.5, 0.6) is 5.75 Å². The molecule has 2 unspecified atom stereocenters. The fourth-order valence-corrected chi connectivity index (χ4v) is 4.11. The molecule has 0 spiro atoms. The lowest BCUT2D eigenvalue weighted by Crippen LogP contribution is -2.32. The molecule has 0 bridgehead atoms. The van der Waals surface area contributed by atoms with Gasteiger partial charge in [-0.1, -0.05) is 49.3 Å². The second-order valence-corrected chi connectivity index (χ2v) is 8.24. The van der Waals surface area contributed by atoms with Crippen molar-refractivity contribution in [3.63, 3.8) is 0 Å². The van der Waals surface area contributed by atoms with E-state index in [4.69, 9.17) is 14.0 Å². The molecule has 3 aromatic rings. The van der Waals surface area contributed by atoms with Gasteiger partial charge in [-0.25, -0.2) is 0 Å². The van der Waals surface area contributed by atoms with Gasteiger partial charge in [-0.05, 0) is 25.1 Å². The van der Waals surface area contributed by atoms with E-state index in [1.165, 1.54) is 11.2 Å². The van der Waals surface area contributed by atoms with Gasteiger partial charge in [0.05, 0.1) is 6.04 Å². The molecule has 1 aliphatic rings. The Labute approximate surface area is 197 Å². The summed E-state index contributed by atoms with van der Waals surface area (Å²) < 4.78 is 16.0. The van der Waals surface area contributed by atoms with Crippen molar-refractivity contribution >= 4 is 23.2 Å². The largest absolute Gasteiger partial charge is 0.467 e. The summed E-state index contributed by atoms with van der Waals surface area (Å²) in [5, 5.41) is 3.92. The van der Waals surface area contributed by atoms with Gasteiger partial charge in [-0.15, -0.1) is 0 Å². The summed E-state index contributed by atoms with van der Waals surface area (Å²) in [4.78, 5) is 40.9. The lowest BCUT2D eigenvalue weighted by atomic mass is 9.84. The molecule has 1 aliphatic heterocycles. The molecule has 2 heterocycles. The Hall–Kier alpha value is -3.78. The zero-order valence-corrected chi connectivity index (χ0v) is 19.3. The van der Waals surface area contributed by atoms with Crippen LogP contribution in [0, 0.1) is 11.8 Å². The highest BCUT2D eigenvalue weighted by Gasteiger charge is 2.53. The zero-order valence-electron chi connectivity index (χ0n) is 19.3. The minimum absolute atomic E-state index is 0.0112. The highest BCUT2D eigenvalue weighted by molar-refractivity contribution is 6.48. The molecule has 8 heteroatoms. The standard InChI is InChI=1S/C26H26N2O6/c1-4-32-15-33-21-8-6-5-7-19(21)23-22(24(29)16(2)3)25(30)26(31)28(23)18-11-9-17(10-12-18)20-13-14-34-27-20/h5-14,16,22-23H,4,15H2,1-3H3. The molecule has 2 atom stereocenters. The number of nitrogens with zero attached hydrogens (tertiary/aromatic N) is 2. The first kappa shape index (κ1) is 23.4. The number of carbonyl (C=O) groups excluding carboxylic acids is 3. The van der Waals surface area contributed by atoms with Crippen LogP contribution >= 0.6 is 0 Å². The lowest BCUT2D eigenvalue weighted by molar-refractivity contribution is -0.139. The third-order valence-electron chi connectivity index (χ3n) is 5.80. The monoisotopic (exact) mass is 462 g/mol. The van der Waals surface area contributed by atoms with Crippen molar-refractivity contribution in [1.82, 2.24) is 5.16 Å². The predicted molar refractivity (Wildman–Crippen MR) is 124 cm³/mol. The maximum atomic E-state index is 13.2. The summed E-state index contributed by atoms with van der Waals surface area (Å²) in [5.41, 5.74) is 2.51. The van der Waals surface area contributed by atoms with Crippen LogP contribution in [0.1, 0.15) is 32.4 Å². The average Bonchev–Trinajstić information content (AvgIpc) is 3.47. The van der Waals surface area contributed by atoms with E-state index in [-0.39, 0.29) is 12.6 Å². The number of ether oxygens (including phenoxy) is 2. The molecule has 8 nitrogen and oxygen atoms in total. The number of para-hydroxylation sites is 1.